The molecule has 1 fully saturated rings. The molecule has 72 valence electrons. The largest absolute Gasteiger partial charge is 0.501 e. The zero-order valence-electron chi connectivity index (χ0n) is 8.46. The van der Waals surface area contributed by atoms with Crippen molar-refractivity contribution in [2.24, 2.45) is 17.3 Å². The summed E-state index contributed by atoms with van der Waals surface area (Å²) in [5, 5.41) is 0. The van der Waals surface area contributed by atoms with E-state index in [2.05, 4.69) is 13.8 Å². The third-order valence-electron chi connectivity index (χ3n) is 3.75. The molecule has 2 nitrogen and oxygen atoms in total. The van der Waals surface area contributed by atoms with Crippen LogP contribution in [-0.4, -0.2) is 12.9 Å². The van der Waals surface area contributed by atoms with Gasteiger partial charge in [0.2, 0.25) is 0 Å². The van der Waals surface area contributed by atoms with Crippen LogP contribution in [0.15, 0.2) is 11.8 Å². The van der Waals surface area contributed by atoms with E-state index >= 15 is 0 Å². The fourth-order valence-corrected chi connectivity index (χ4v) is 2.88. The maximum atomic E-state index is 11.7. The van der Waals surface area contributed by atoms with Crippen LogP contribution in [0.3, 0.4) is 0 Å². The highest BCUT2D eigenvalue weighted by Gasteiger charge is 2.50. The van der Waals surface area contributed by atoms with Gasteiger partial charge >= 0.3 is 0 Å². The van der Waals surface area contributed by atoms with Gasteiger partial charge in [-0.1, -0.05) is 13.8 Å². The van der Waals surface area contributed by atoms with Crippen LogP contribution < -0.4 is 0 Å². The number of ketones is 1. The molecule has 0 aromatic rings. The smallest absolute Gasteiger partial charge is 0.162 e. The molecular formula is C11H16O2. The molecule has 2 aliphatic rings. The van der Waals surface area contributed by atoms with Gasteiger partial charge in [0.25, 0.3) is 0 Å². The quantitative estimate of drug-likeness (QED) is 0.618. The summed E-state index contributed by atoms with van der Waals surface area (Å²) in [7, 11) is 1.66. The monoisotopic (exact) mass is 180 g/mol. The van der Waals surface area contributed by atoms with Gasteiger partial charge in [0.1, 0.15) is 5.76 Å². The van der Waals surface area contributed by atoms with Crippen LogP contribution in [0.2, 0.25) is 0 Å². The molecule has 2 bridgehead atoms. The molecule has 0 saturated heterocycles. The molecule has 0 spiro atoms. The first kappa shape index (κ1) is 8.79. The zero-order valence-corrected chi connectivity index (χ0v) is 8.46. The SMILES string of the molecule is COC1=CC(=O)C2CCC1C2(C)C. The van der Waals surface area contributed by atoms with E-state index in [4.69, 9.17) is 4.74 Å². The Kier molecular flexibility index (Phi) is 1.76. The fraction of sp³-hybridized carbons (Fsp3) is 0.727. The van der Waals surface area contributed by atoms with Gasteiger partial charge in [-0.05, 0) is 18.3 Å². The summed E-state index contributed by atoms with van der Waals surface area (Å²) in [6, 6.07) is 0. The summed E-state index contributed by atoms with van der Waals surface area (Å²) in [5.41, 5.74) is 0.108. The zero-order chi connectivity index (χ0) is 9.64. The van der Waals surface area contributed by atoms with Crippen molar-refractivity contribution < 1.29 is 9.53 Å². The molecule has 0 heterocycles. The molecule has 2 aliphatic carbocycles. The molecular weight excluding hydrogens is 164 g/mol. The standard InChI is InChI=1S/C11H16O2/c1-11(2)7-4-5-8(11)10(13-3)6-9(7)12/h6-8H,4-5H2,1-3H3. The fourth-order valence-electron chi connectivity index (χ4n) is 2.88. The van der Waals surface area contributed by atoms with Gasteiger partial charge < -0.3 is 4.74 Å². The predicted octanol–water partition coefficient (Wildman–Crippen LogP) is 2.15. The number of allylic oxidation sites excluding steroid dienone is 2. The molecule has 0 aliphatic heterocycles. The maximum absolute atomic E-state index is 11.7. The van der Waals surface area contributed by atoms with Crippen molar-refractivity contribution in [1.82, 2.24) is 0 Å². The topological polar surface area (TPSA) is 26.3 Å². The normalized spacial score (nSPS) is 35.9. The summed E-state index contributed by atoms with van der Waals surface area (Å²) in [5.74, 6) is 1.84. The molecule has 0 aromatic carbocycles. The highest BCUT2D eigenvalue weighted by atomic mass is 16.5. The van der Waals surface area contributed by atoms with Gasteiger partial charge in [0.15, 0.2) is 5.78 Å². The van der Waals surface area contributed by atoms with Gasteiger partial charge in [-0.25, -0.2) is 0 Å². The number of carbonyl (C=O) groups excluding carboxylic acids is 1. The molecule has 2 atom stereocenters. The minimum absolute atomic E-state index is 0.108. The molecule has 13 heavy (non-hydrogen) atoms. The first-order valence-corrected chi connectivity index (χ1v) is 4.87. The van der Waals surface area contributed by atoms with Crippen molar-refractivity contribution in [1.29, 1.82) is 0 Å². The number of carbonyl (C=O) groups is 1. The molecule has 2 rings (SSSR count). The van der Waals surface area contributed by atoms with E-state index in [1.165, 1.54) is 0 Å². The lowest BCUT2D eigenvalue weighted by Crippen LogP contribution is -2.35. The maximum Gasteiger partial charge on any atom is 0.162 e. The molecule has 0 amide bonds. The third kappa shape index (κ3) is 1.04. The Morgan fingerprint density at radius 2 is 2.00 bits per heavy atom. The van der Waals surface area contributed by atoms with Gasteiger partial charge in [0, 0.05) is 17.9 Å². The minimum Gasteiger partial charge on any atom is -0.501 e. The van der Waals surface area contributed by atoms with Crippen molar-refractivity contribution in [3.63, 3.8) is 0 Å². The summed E-state index contributed by atoms with van der Waals surface area (Å²) >= 11 is 0. The van der Waals surface area contributed by atoms with E-state index in [0.717, 1.165) is 18.6 Å². The van der Waals surface area contributed by atoms with Gasteiger partial charge in [-0.3, -0.25) is 4.79 Å². The van der Waals surface area contributed by atoms with Crippen LogP contribution in [0.4, 0.5) is 0 Å². The Balaban J connectivity index is 2.43. The number of rotatable bonds is 1. The Morgan fingerprint density at radius 3 is 2.62 bits per heavy atom. The van der Waals surface area contributed by atoms with Gasteiger partial charge in [-0.2, -0.15) is 0 Å². The summed E-state index contributed by atoms with van der Waals surface area (Å²) in [6.07, 6.45) is 3.83. The lowest BCUT2D eigenvalue weighted by Gasteiger charge is -2.35. The van der Waals surface area contributed by atoms with Crippen LogP contribution >= 0.6 is 0 Å². The first-order valence-electron chi connectivity index (χ1n) is 4.87. The van der Waals surface area contributed by atoms with Crippen molar-refractivity contribution in [2.75, 3.05) is 7.11 Å². The predicted molar refractivity (Wildman–Crippen MR) is 50.1 cm³/mol. The number of hydrogen-bond donors (Lipinski definition) is 0. The first-order chi connectivity index (χ1) is 6.07. The molecule has 0 aromatic heterocycles. The second kappa shape index (κ2) is 2.60. The lowest BCUT2D eigenvalue weighted by atomic mass is 9.70. The molecule has 1 saturated carbocycles. The number of hydrogen-bond acceptors (Lipinski definition) is 2. The van der Waals surface area contributed by atoms with Crippen LogP contribution in [0, 0.1) is 17.3 Å². The number of ether oxygens (including phenoxy) is 1. The molecule has 0 radical (unpaired) electrons. The van der Waals surface area contributed by atoms with E-state index in [1.807, 2.05) is 0 Å². The highest BCUT2D eigenvalue weighted by molar-refractivity contribution is 5.94. The van der Waals surface area contributed by atoms with E-state index in [-0.39, 0.29) is 17.1 Å². The van der Waals surface area contributed by atoms with Crippen molar-refractivity contribution >= 4 is 5.78 Å². The Bertz CT molecular complexity index is 276. The Morgan fingerprint density at radius 1 is 1.38 bits per heavy atom. The second-order valence-corrected chi connectivity index (χ2v) is 4.66. The third-order valence-corrected chi connectivity index (χ3v) is 3.75. The lowest BCUT2D eigenvalue weighted by molar-refractivity contribution is -0.122. The van der Waals surface area contributed by atoms with Crippen LogP contribution in [0.1, 0.15) is 26.7 Å². The van der Waals surface area contributed by atoms with Crippen LogP contribution in [-0.2, 0) is 9.53 Å². The van der Waals surface area contributed by atoms with Crippen LogP contribution in [0.25, 0.3) is 0 Å². The Hall–Kier alpha value is -0.790. The molecule has 0 N–H and O–H groups in total. The van der Waals surface area contributed by atoms with Crippen molar-refractivity contribution in [3.8, 4) is 0 Å². The van der Waals surface area contributed by atoms with E-state index in [1.54, 1.807) is 13.2 Å². The molecule has 2 heteroatoms. The van der Waals surface area contributed by atoms with Gasteiger partial charge in [0.05, 0.1) is 7.11 Å². The minimum atomic E-state index is 0.108. The van der Waals surface area contributed by atoms with E-state index in [0.29, 0.717) is 5.92 Å². The average molecular weight is 180 g/mol. The summed E-state index contributed by atoms with van der Waals surface area (Å²) < 4.78 is 5.27. The number of fused-ring (bicyclic) bond motifs is 2. The summed E-state index contributed by atoms with van der Waals surface area (Å²) in [6.45, 7) is 4.36. The van der Waals surface area contributed by atoms with Crippen molar-refractivity contribution in [3.05, 3.63) is 11.8 Å². The van der Waals surface area contributed by atoms with E-state index in [9.17, 15) is 4.79 Å². The van der Waals surface area contributed by atoms with Crippen LogP contribution in [0.5, 0.6) is 0 Å². The summed E-state index contributed by atoms with van der Waals surface area (Å²) in [4.78, 5) is 11.7. The Labute approximate surface area is 79.0 Å². The highest BCUT2D eigenvalue weighted by Crippen LogP contribution is 2.53. The van der Waals surface area contributed by atoms with Crippen molar-refractivity contribution in [2.45, 2.75) is 26.7 Å². The van der Waals surface area contributed by atoms with E-state index < -0.39 is 0 Å². The average Bonchev–Trinajstić information content (AvgIpc) is 2.29. The molecule has 2 unspecified atom stereocenters. The number of methoxy groups -OCH3 is 1. The van der Waals surface area contributed by atoms with Gasteiger partial charge in [-0.15, -0.1) is 0 Å². The second-order valence-electron chi connectivity index (χ2n) is 4.66.